The van der Waals surface area contributed by atoms with E-state index in [-0.39, 0.29) is 6.29 Å². The van der Waals surface area contributed by atoms with Gasteiger partial charge >= 0.3 is 8.80 Å². The molecule has 1 atom stereocenters. The molecule has 6 heteroatoms. The summed E-state index contributed by atoms with van der Waals surface area (Å²) >= 11 is 0. The zero-order valence-electron chi connectivity index (χ0n) is 17.8. The molecule has 0 saturated carbocycles. The molecule has 0 amide bonds. The number of benzene rings is 1. The molecular weight excluding hydrogens is 360 g/mol. The maximum Gasteiger partial charge on any atom is 0.500 e. The topological polar surface area (TPSA) is 46.2 Å². The molecular formula is C21H38O5Si. The molecule has 0 heterocycles. The largest absolute Gasteiger partial charge is 0.500 e. The minimum Gasteiger partial charge on any atom is -0.465 e. The lowest BCUT2D eigenvalue weighted by atomic mass is 10.1. The SMILES string of the molecule is CCCCOC(C)Oc1ccccc1CCC[Si](OCC)(OCC)OCC. The maximum absolute atomic E-state index is 6.01. The summed E-state index contributed by atoms with van der Waals surface area (Å²) in [5.74, 6) is 0.887. The number of para-hydroxylation sites is 1. The average Bonchev–Trinajstić information content (AvgIpc) is 2.64. The Morgan fingerprint density at radius 1 is 0.889 bits per heavy atom. The van der Waals surface area contributed by atoms with E-state index in [1.54, 1.807) is 0 Å². The van der Waals surface area contributed by atoms with Crippen molar-refractivity contribution in [1.29, 1.82) is 0 Å². The van der Waals surface area contributed by atoms with Crippen LogP contribution in [0.4, 0.5) is 0 Å². The number of unbranched alkanes of at least 4 members (excludes halogenated alkanes) is 1. The molecule has 1 aromatic carbocycles. The van der Waals surface area contributed by atoms with Crippen LogP contribution in [-0.2, 0) is 24.4 Å². The molecule has 0 spiro atoms. The van der Waals surface area contributed by atoms with Gasteiger partial charge in [0.25, 0.3) is 0 Å². The average molecular weight is 399 g/mol. The van der Waals surface area contributed by atoms with Crippen molar-refractivity contribution in [3.05, 3.63) is 29.8 Å². The van der Waals surface area contributed by atoms with Crippen LogP contribution < -0.4 is 4.74 Å². The molecule has 0 aliphatic rings. The highest BCUT2D eigenvalue weighted by Gasteiger charge is 2.39. The predicted octanol–water partition coefficient (Wildman–Crippen LogP) is 5.21. The first-order chi connectivity index (χ1) is 13.1. The monoisotopic (exact) mass is 398 g/mol. The molecule has 0 saturated heterocycles. The molecule has 0 aromatic heterocycles. The first-order valence-corrected chi connectivity index (χ1v) is 12.3. The minimum absolute atomic E-state index is 0.249. The molecule has 0 fully saturated rings. The Hall–Kier alpha value is -0.923. The molecule has 0 aliphatic carbocycles. The summed E-state index contributed by atoms with van der Waals surface area (Å²) in [6, 6.07) is 8.96. The fraction of sp³-hybridized carbons (Fsp3) is 0.714. The van der Waals surface area contributed by atoms with Crippen LogP contribution in [0.1, 0.15) is 59.4 Å². The number of hydrogen-bond donors (Lipinski definition) is 0. The standard InChI is InChI=1S/C21H38O5Si/c1-6-10-17-22-19(5)26-21-16-12-11-14-20(21)15-13-18-27(23-7-2,24-8-3)25-9-4/h11-12,14,16,19H,6-10,13,15,17-18H2,1-5H3. The summed E-state index contributed by atoms with van der Waals surface area (Å²) in [5.41, 5.74) is 1.18. The van der Waals surface area contributed by atoms with Gasteiger partial charge in [-0.3, -0.25) is 0 Å². The summed E-state index contributed by atoms with van der Waals surface area (Å²) in [5, 5.41) is 0. The van der Waals surface area contributed by atoms with E-state index in [1.807, 2.05) is 45.9 Å². The molecule has 0 aliphatic heterocycles. The molecule has 0 radical (unpaired) electrons. The molecule has 27 heavy (non-hydrogen) atoms. The van der Waals surface area contributed by atoms with Crippen LogP contribution in [0.25, 0.3) is 0 Å². The molecule has 156 valence electrons. The van der Waals surface area contributed by atoms with Crippen LogP contribution in [0.5, 0.6) is 5.75 Å². The molecule has 5 nitrogen and oxygen atoms in total. The van der Waals surface area contributed by atoms with Gasteiger partial charge in [-0.15, -0.1) is 0 Å². The van der Waals surface area contributed by atoms with Crippen molar-refractivity contribution >= 4 is 8.80 Å². The number of aryl methyl sites for hydroxylation is 1. The van der Waals surface area contributed by atoms with Crippen LogP contribution >= 0.6 is 0 Å². The number of rotatable bonds is 16. The molecule has 0 bridgehead atoms. The summed E-state index contributed by atoms with van der Waals surface area (Å²) in [7, 11) is -2.59. The van der Waals surface area contributed by atoms with Crippen molar-refractivity contribution in [2.24, 2.45) is 0 Å². The summed E-state index contributed by atoms with van der Waals surface area (Å²) in [6.07, 6.45) is 3.74. The van der Waals surface area contributed by atoms with Gasteiger partial charge in [0.2, 0.25) is 0 Å². The van der Waals surface area contributed by atoms with Gasteiger partial charge in [-0.25, -0.2) is 0 Å². The Labute approximate surface area is 166 Å². The number of ether oxygens (including phenoxy) is 2. The first-order valence-electron chi connectivity index (χ1n) is 10.4. The second-order valence-electron chi connectivity index (χ2n) is 6.35. The third kappa shape index (κ3) is 9.21. The van der Waals surface area contributed by atoms with E-state index < -0.39 is 8.80 Å². The lowest BCUT2D eigenvalue weighted by molar-refractivity contribution is -0.0678. The van der Waals surface area contributed by atoms with Crippen molar-refractivity contribution in [1.82, 2.24) is 0 Å². The van der Waals surface area contributed by atoms with Crippen molar-refractivity contribution < 1.29 is 22.8 Å². The normalized spacial score (nSPS) is 12.9. The fourth-order valence-corrected chi connectivity index (χ4v) is 5.54. The van der Waals surface area contributed by atoms with Crippen molar-refractivity contribution in [3.8, 4) is 5.75 Å². The number of hydrogen-bond acceptors (Lipinski definition) is 5. The Kier molecular flexibility index (Phi) is 12.6. The highest BCUT2D eigenvalue weighted by atomic mass is 28.4. The molecule has 1 unspecified atom stereocenters. The molecule has 1 rings (SSSR count). The van der Waals surface area contributed by atoms with Crippen molar-refractivity contribution in [2.75, 3.05) is 26.4 Å². The van der Waals surface area contributed by atoms with Crippen LogP contribution in [0.2, 0.25) is 6.04 Å². The van der Waals surface area contributed by atoms with E-state index in [4.69, 9.17) is 22.8 Å². The quantitative estimate of drug-likeness (QED) is 0.217. The van der Waals surface area contributed by atoms with Crippen LogP contribution in [0.3, 0.4) is 0 Å². The van der Waals surface area contributed by atoms with E-state index in [1.165, 1.54) is 5.56 Å². The highest BCUT2D eigenvalue weighted by molar-refractivity contribution is 6.60. The zero-order valence-corrected chi connectivity index (χ0v) is 18.8. The third-order valence-corrected chi connectivity index (χ3v) is 7.29. The van der Waals surface area contributed by atoms with Gasteiger partial charge in [0, 0.05) is 25.9 Å². The zero-order chi connectivity index (χ0) is 20.0. The van der Waals surface area contributed by atoms with Gasteiger partial charge in [0.1, 0.15) is 5.75 Å². The van der Waals surface area contributed by atoms with Crippen molar-refractivity contribution in [2.45, 2.75) is 72.6 Å². The second kappa shape index (κ2) is 14.1. The minimum atomic E-state index is -2.59. The lowest BCUT2D eigenvalue weighted by Crippen LogP contribution is -2.46. The van der Waals surface area contributed by atoms with E-state index in [0.29, 0.717) is 19.8 Å². The Balaban J connectivity index is 2.65. The Bertz CT molecular complexity index is 480. The van der Waals surface area contributed by atoms with Gasteiger partial charge in [-0.1, -0.05) is 31.5 Å². The van der Waals surface area contributed by atoms with Gasteiger partial charge in [-0.05, 0) is 58.6 Å². The highest BCUT2D eigenvalue weighted by Crippen LogP contribution is 2.25. The molecule has 1 aromatic rings. The van der Waals surface area contributed by atoms with E-state index >= 15 is 0 Å². The van der Waals surface area contributed by atoms with Gasteiger partial charge in [0.05, 0.1) is 6.61 Å². The second-order valence-corrected chi connectivity index (χ2v) is 9.09. The smallest absolute Gasteiger partial charge is 0.465 e. The third-order valence-electron chi connectivity index (χ3n) is 4.14. The fourth-order valence-electron chi connectivity index (χ4n) is 2.93. The summed E-state index contributed by atoms with van der Waals surface area (Å²) in [6.45, 7) is 12.6. The van der Waals surface area contributed by atoms with Crippen LogP contribution in [0, 0.1) is 0 Å². The van der Waals surface area contributed by atoms with Crippen molar-refractivity contribution in [3.63, 3.8) is 0 Å². The van der Waals surface area contributed by atoms with E-state index in [9.17, 15) is 0 Å². The van der Waals surface area contributed by atoms with E-state index in [0.717, 1.165) is 44.1 Å². The summed E-state index contributed by atoms with van der Waals surface area (Å²) < 4.78 is 29.6. The van der Waals surface area contributed by atoms with Crippen LogP contribution in [-0.4, -0.2) is 41.5 Å². The maximum atomic E-state index is 6.01. The molecule has 0 N–H and O–H groups in total. The Morgan fingerprint density at radius 3 is 2.11 bits per heavy atom. The summed E-state index contributed by atoms with van der Waals surface area (Å²) in [4.78, 5) is 0. The van der Waals surface area contributed by atoms with E-state index in [2.05, 4.69) is 13.0 Å². The predicted molar refractivity (Wildman–Crippen MR) is 111 cm³/mol. The van der Waals surface area contributed by atoms with Gasteiger partial charge in [0.15, 0.2) is 6.29 Å². The van der Waals surface area contributed by atoms with Crippen LogP contribution in [0.15, 0.2) is 24.3 Å². The lowest BCUT2D eigenvalue weighted by Gasteiger charge is -2.28. The van der Waals surface area contributed by atoms with Gasteiger partial charge in [-0.2, -0.15) is 0 Å². The Morgan fingerprint density at radius 2 is 1.52 bits per heavy atom. The van der Waals surface area contributed by atoms with Gasteiger partial charge < -0.3 is 22.8 Å². The first kappa shape index (κ1) is 24.1.